The van der Waals surface area contributed by atoms with E-state index in [1.54, 1.807) is 24.3 Å². The molecular formula is C24H31Cl3N2O4. The lowest BCUT2D eigenvalue weighted by atomic mass is 10.0. The fourth-order valence-corrected chi connectivity index (χ4v) is 4.10. The van der Waals surface area contributed by atoms with Crippen LogP contribution in [0.25, 0.3) is 0 Å². The van der Waals surface area contributed by atoms with Gasteiger partial charge in [-0.15, -0.1) is 0 Å². The van der Waals surface area contributed by atoms with Crippen molar-refractivity contribution in [3.63, 3.8) is 0 Å². The van der Waals surface area contributed by atoms with Gasteiger partial charge in [-0.05, 0) is 68.8 Å². The Hall–Kier alpha value is -1.25. The number of hydrogen-bond acceptors (Lipinski definition) is 6. The summed E-state index contributed by atoms with van der Waals surface area (Å²) in [4.78, 5) is 2.24. The van der Waals surface area contributed by atoms with Crippen LogP contribution in [0.5, 0.6) is 11.5 Å². The molecule has 0 spiro atoms. The van der Waals surface area contributed by atoms with Crippen molar-refractivity contribution in [3.8, 4) is 11.5 Å². The Morgan fingerprint density at radius 2 is 1.52 bits per heavy atom. The SMILES string of the molecule is Cc1cc(OC[C@@H](O)CN2CCC(NC[C@H](O)COc3ccc(Cl)c(Cl)c3)CC2)ccc1Cl. The Bertz CT molecular complexity index is 894. The number of rotatable bonds is 11. The zero-order chi connectivity index (χ0) is 23.8. The number of halogens is 3. The monoisotopic (exact) mass is 516 g/mol. The van der Waals surface area contributed by atoms with Crippen LogP contribution in [0, 0.1) is 6.92 Å². The van der Waals surface area contributed by atoms with Gasteiger partial charge in [0.15, 0.2) is 0 Å². The lowest BCUT2D eigenvalue weighted by molar-refractivity contribution is 0.0556. The predicted octanol–water partition coefficient (Wildman–Crippen LogP) is 4.19. The van der Waals surface area contributed by atoms with Crippen LogP contribution in [-0.2, 0) is 0 Å². The summed E-state index contributed by atoms with van der Waals surface area (Å²) in [5, 5.41) is 25.5. The van der Waals surface area contributed by atoms with Gasteiger partial charge in [0, 0.05) is 30.2 Å². The molecule has 0 bridgehead atoms. The standard InChI is InChI=1S/C24H31Cl3N2O4/c1-16-10-20(2-4-22(16)25)33-15-19(31)13-29-8-6-17(7-9-29)28-12-18(30)14-32-21-3-5-23(26)24(27)11-21/h2-5,10-11,17-19,28,30-31H,6-9,12-15H2,1H3/t18-,19-/m0/s1. The van der Waals surface area contributed by atoms with Gasteiger partial charge in [-0.25, -0.2) is 0 Å². The minimum Gasteiger partial charge on any atom is -0.491 e. The average molecular weight is 518 g/mol. The molecule has 3 rings (SSSR count). The molecule has 1 aliphatic rings. The van der Waals surface area contributed by atoms with E-state index in [0.29, 0.717) is 45.7 Å². The van der Waals surface area contributed by atoms with Crippen LogP contribution in [0.3, 0.4) is 0 Å². The summed E-state index contributed by atoms with van der Waals surface area (Å²) in [5.74, 6) is 1.28. The largest absolute Gasteiger partial charge is 0.491 e. The molecule has 9 heteroatoms. The number of β-amino-alcohol motifs (C(OH)–C–C–N with tert-alkyl or cyclic N) is 1. The molecule has 6 nitrogen and oxygen atoms in total. The summed E-state index contributed by atoms with van der Waals surface area (Å²) in [5.41, 5.74) is 0.948. The highest BCUT2D eigenvalue weighted by Gasteiger charge is 2.21. The number of hydrogen-bond donors (Lipinski definition) is 3. The van der Waals surface area contributed by atoms with Gasteiger partial charge in [0.2, 0.25) is 0 Å². The second-order valence-electron chi connectivity index (χ2n) is 8.40. The summed E-state index contributed by atoms with van der Waals surface area (Å²) in [6.07, 6.45) is 0.702. The van der Waals surface area contributed by atoms with Crippen LogP contribution in [0.4, 0.5) is 0 Å². The number of aliphatic hydroxyl groups is 2. The third kappa shape index (κ3) is 8.80. The lowest BCUT2D eigenvalue weighted by Gasteiger charge is -2.33. The summed E-state index contributed by atoms with van der Waals surface area (Å²) in [7, 11) is 0. The smallest absolute Gasteiger partial charge is 0.121 e. The van der Waals surface area contributed by atoms with E-state index in [4.69, 9.17) is 44.3 Å². The van der Waals surface area contributed by atoms with Gasteiger partial charge < -0.3 is 29.9 Å². The summed E-state index contributed by atoms with van der Waals surface area (Å²) in [6.45, 7) is 5.11. The Kier molecular flexibility index (Phi) is 10.4. The van der Waals surface area contributed by atoms with Crippen molar-refractivity contribution in [2.45, 2.75) is 38.0 Å². The Labute approximate surface area is 210 Å². The second-order valence-corrected chi connectivity index (χ2v) is 9.62. The maximum atomic E-state index is 10.3. The number of likely N-dealkylation sites (tertiary alicyclic amines) is 1. The maximum absolute atomic E-state index is 10.3. The van der Waals surface area contributed by atoms with Crippen LogP contribution < -0.4 is 14.8 Å². The van der Waals surface area contributed by atoms with Crippen LogP contribution in [0.1, 0.15) is 18.4 Å². The topological polar surface area (TPSA) is 74.2 Å². The molecule has 0 amide bonds. The number of benzene rings is 2. The summed E-state index contributed by atoms with van der Waals surface area (Å²) in [6, 6.07) is 10.8. The molecule has 2 aromatic rings. The van der Waals surface area contributed by atoms with Crippen molar-refractivity contribution in [1.29, 1.82) is 0 Å². The van der Waals surface area contributed by atoms with E-state index in [9.17, 15) is 10.2 Å². The third-order valence-electron chi connectivity index (χ3n) is 5.60. The molecule has 3 N–H and O–H groups in total. The Morgan fingerprint density at radius 3 is 2.15 bits per heavy atom. The van der Waals surface area contributed by atoms with Gasteiger partial charge in [-0.2, -0.15) is 0 Å². The fourth-order valence-electron chi connectivity index (χ4n) is 3.69. The van der Waals surface area contributed by atoms with E-state index in [-0.39, 0.29) is 13.2 Å². The van der Waals surface area contributed by atoms with Crippen molar-refractivity contribution < 1.29 is 19.7 Å². The van der Waals surface area contributed by atoms with Gasteiger partial charge in [0.05, 0.1) is 10.0 Å². The van der Waals surface area contributed by atoms with Gasteiger partial charge >= 0.3 is 0 Å². The number of piperidine rings is 1. The highest BCUT2D eigenvalue weighted by atomic mass is 35.5. The molecule has 1 fully saturated rings. The molecule has 182 valence electrons. The van der Waals surface area contributed by atoms with Crippen molar-refractivity contribution >= 4 is 34.8 Å². The maximum Gasteiger partial charge on any atom is 0.121 e. The minimum atomic E-state index is -0.632. The Balaban J connectivity index is 1.29. The molecular weight excluding hydrogens is 487 g/mol. The third-order valence-corrected chi connectivity index (χ3v) is 6.77. The molecule has 1 aliphatic heterocycles. The van der Waals surface area contributed by atoms with Gasteiger partial charge in [-0.1, -0.05) is 34.8 Å². The normalized spacial score (nSPS) is 17.0. The number of aryl methyl sites for hydroxylation is 1. The molecule has 0 aromatic heterocycles. The van der Waals surface area contributed by atoms with Crippen molar-refractivity contribution in [2.24, 2.45) is 0 Å². The molecule has 33 heavy (non-hydrogen) atoms. The molecule has 2 aromatic carbocycles. The fraction of sp³-hybridized carbons (Fsp3) is 0.500. The number of aliphatic hydroxyl groups excluding tert-OH is 2. The van der Waals surface area contributed by atoms with Crippen molar-refractivity contribution in [1.82, 2.24) is 10.2 Å². The van der Waals surface area contributed by atoms with Crippen LogP contribution >= 0.6 is 34.8 Å². The van der Waals surface area contributed by atoms with Crippen molar-refractivity contribution in [3.05, 3.63) is 57.0 Å². The highest BCUT2D eigenvalue weighted by molar-refractivity contribution is 6.42. The number of nitrogens with one attached hydrogen (secondary N) is 1. The molecule has 1 saturated heterocycles. The second kappa shape index (κ2) is 13.0. The average Bonchev–Trinajstić information content (AvgIpc) is 2.80. The molecule has 0 aliphatic carbocycles. The summed E-state index contributed by atoms with van der Waals surface area (Å²) < 4.78 is 11.3. The first kappa shape index (κ1) is 26.4. The first-order valence-corrected chi connectivity index (χ1v) is 12.2. The molecule has 2 atom stereocenters. The lowest BCUT2D eigenvalue weighted by Crippen LogP contribution is -2.47. The van der Waals surface area contributed by atoms with Gasteiger partial charge in [-0.3, -0.25) is 0 Å². The Morgan fingerprint density at radius 1 is 0.909 bits per heavy atom. The first-order chi connectivity index (χ1) is 15.8. The van der Waals surface area contributed by atoms with E-state index in [2.05, 4.69) is 10.2 Å². The molecule has 0 unspecified atom stereocenters. The summed E-state index contributed by atoms with van der Waals surface area (Å²) >= 11 is 17.9. The van der Waals surface area contributed by atoms with E-state index < -0.39 is 12.2 Å². The zero-order valence-electron chi connectivity index (χ0n) is 18.6. The van der Waals surface area contributed by atoms with Crippen molar-refractivity contribution in [2.75, 3.05) is 39.4 Å². The van der Waals surface area contributed by atoms with Gasteiger partial charge in [0.25, 0.3) is 0 Å². The highest BCUT2D eigenvalue weighted by Crippen LogP contribution is 2.26. The zero-order valence-corrected chi connectivity index (χ0v) is 20.9. The van der Waals surface area contributed by atoms with E-state index in [0.717, 1.165) is 31.5 Å². The van der Waals surface area contributed by atoms with Crippen LogP contribution in [0.2, 0.25) is 15.1 Å². The first-order valence-electron chi connectivity index (χ1n) is 11.1. The molecule has 0 saturated carbocycles. The van der Waals surface area contributed by atoms with E-state index >= 15 is 0 Å². The van der Waals surface area contributed by atoms with Crippen LogP contribution in [-0.4, -0.2) is 72.8 Å². The molecule has 0 radical (unpaired) electrons. The van der Waals surface area contributed by atoms with E-state index in [1.165, 1.54) is 0 Å². The quantitative estimate of drug-likeness (QED) is 0.415. The van der Waals surface area contributed by atoms with E-state index in [1.807, 2.05) is 19.1 Å². The number of nitrogens with zero attached hydrogens (tertiary/aromatic N) is 1. The van der Waals surface area contributed by atoms with Gasteiger partial charge in [0.1, 0.15) is 36.9 Å². The van der Waals surface area contributed by atoms with Crippen LogP contribution in [0.15, 0.2) is 36.4 Å². The predicted molar refractivity (Wildman–Crippen MR) is 133 cm³/mol. The number of ether oxygens (including phenoxy) is 2. The molecule has 1 heterocycles. The minimum absolute atomic E-state index is 0.170.